The normalized spacial score (nSPS) is 10.2. The van der Waals surface area contributed by atoms with E-state index in [9.17, 15) is 9.59 Å². The molecule has 0 saturated heterocycles. The second-order valence-electron chi connectivity index (χ2n) is 4.34. The number of carbonyl (C=O) groups is 2. The van der Waals surface area contributed by atoms with Crippen molar-refractivity contribution < 1.29 is 34.4 Å². The molecule has 0 heterocycles. The largest absolute Gasteiger partial charge is 0.308 e. The Hall–Kier alpha value is -0.406. The maximum absolute atomic E-state index is 12.3. The first kappa shape index (κ1) is 22.6. The van der Waals surface area contributed by atoms with E-state index in [-0.39, 0.29) is 16.5 Å². The van der Waals surface area contributed by atoms with Crippen molar-refractivity contribution in [3.05, 3.63) is 59.7 Å². The molecule has 0 fully saturated rings. The van der Waals surface area contributed by atoms with Crippen molar-refractivity contribution in [2.75, 3.05) is 14.2 Å². The number of benzene rings is 2. The number of carbonyl (C=O) groups excluding carboxylic acids is 2. The van der Waals surface area contributed by atoms with E-state index < -0.39 is 11.6 Å². The summed E-state index contributed by atoms with van der Waals surface area (Å²) in [6.45, 7) is 0. The van der Waals surface area contributed by atoms with Gasteiger partial charge in [0.15, 0.2) is 0 Å². The average Bonchev–Trinajstić information content (AvgIpc) is 2.64. The first-order chi connectivity index (χ1) is 11.7. The van der Waals surface area contributed by atoms with E-state index in [1.807, 2.05) is 0 Å². The summed E-state index contributed by atoms with van der Waals surface area (Å²) in [5, 5.41) is 0. The summed E-state index contributed by atoms with van der Waals surface area (Å²) in [5.74, 6) is -1.03. The third-order valence-electron chi connectivity index (χ3n) is 2.84. The van der Waals surface area contributed by atoms with Crippen molar-refractivity contribution in [3.8, 4) is 0 Å². The summed E-state index contributed by atoms with van der Waals surface area (Å²) in [6.07, 6.45) is 0. The van der Waals surface area contributed by atoms with E-state index in [4.69, 9.17) is 8.37 Å². The molecule has 0 bridgehead atoms. The molecular formula is C16H14NiO4S4. The van der Waals surface area contributed by atoms with Crippen LogP contribution in [0.2, 0.25) is 0 Å². The third-order valence-corrected chi connectivity index (χ3v) is 6.55. The topological polar surface area (TPSA) is 52.6 Å². The van der Waals surface area contributed by atoms with E-state index in [2.05, 4.69) is 0 Å². The van der Waals surface area contributed by atoms with Crippen molar-refractivity contribution in [1.29, 1.82) is 0 Å². The Bertz CT molecular complexity index is 631. The standard InChI is InChI=1S/C16H14O4S4.Ni/c1-19-23-21-13-7-3-11(4-8-13)15(17)16(18)12-5-9-14(10-6-12)22-24-20-2;/h3-10H,1-2H3;. The van der Waals surface area contributed by atoms with Crippen LogP contribution in [-0.4, -0.2) is 25.8 Å². The smallest absolute Gasteiger partial charge is 0.233 e. The van der Waals surface area contributed by atoms with E-state index in [1.165, 1.54) is 43.7 Å². The van der Waals surface area contributed by atoms with Crippen LogP contribution in [0.1, 0.15) is 20.7 Å². The van der Waals surface area contributed by atoms with Crippen LogP contribution in [-0.2, 0) is 24.9 Å². The Morgan fingerprint density at radius 3 is 1.28 bits per heavy atom. The van der Waals surface area contributed by atoms with Crippen LogP contribution in [0.25, 0.3) is 0 Å². The summed E-state index contributed by atoms with van der Waals surface area (Å²) < 4.78 is 9.80. The van der Waals surface area contributed by atoms with E-state index in [0.29, 0.717) is 11.1 Å². The van der Waals surface area contributed by atoms with Gasteiger partial charge in [-0.3, -0.25) is 9.59 Å². The SMILES string of the molecule is COSSc1ccc(C(=O)C(=O)c2ccc(SSOC)cc2)cc1.[Ni]. The van der Waals surface area contributed by atoms with Gasteiger partial charge in [0.05, 0.1) is 36.4 Å². The van der Waals surface area contributed by atoms with E-state index in [1.54, 1.807) is 62.8 Å². The second-order valence-corrected chi connectivity index (χ2v) is 8.37. The fourth-order valence-corrected chi connectivity index (χ4v) is 4.07. The monoisotopic (exact) mass is 456 g/mol. The van der Waals surface area contributed by atoms with Crippen LogP contribution in [0.5, 0.6) is 0 Å². The van der Waals surface area contributed by atoms with Crippen molar-refractivity contribution in [2.24, 2.45) is 0 Å². The van der Waals surface area contributed by atoms with Crippen molar-refractivity contribution in [2.45, 2.75) is 9.79 Å². The van der Waals surface area contributed by atoms with Gasteiger partial charge in [-0.05, 0) is 70.1 Å². The number of rotatable bonds is 9. The fourth-order valence-electron chi connectivity index (χ4n) is 1.73. The van der Waals surface area contributed by atoms with Gasteiger partial charge in [-0.1, -0.05) is 0 Å². The number of hydrogen-bond acceptors (Lipinski definition) is 8. The molecule has 0 aromatic heterocycles. The number of ketones is 2. The zero-order chi connectivity index (χ0) is 17.4. The maximum Gasteiger partial charge on any atom is 0.233 e. The molecule has 0 N–H and O–H groups in total. The summed E-state index contributed by atoms with van der Waals surface area (Å²) in [6, 6.07) is 13.8. The van der Waals surface area contributed by atoms with E-state index >= 15 is 0 Å². The molecule has 25 heavy (non-hydrogen) atoms. The molecule has 0 unspecified atom stereocenters. The first-order valence-corrected chi connectivity index (χ1v) is 10.8. The van der Waals surface area contributed by atoms with Crippen LogP contribution in [0.4, 0.5) is 0 Å². The minimum absolute atomic E-state index is 0. The van der Waals surface area contributed by atoms with Crippen LogP contribution < -0.4 is 0 Å². The molecule has 0 aliphatic carbocycles. The van der Waals surface area contributed by atoms with Gasteiger partial charge in [-0.15, -0.1) is 0 Å². The average molecular weight is 457 g/mol. The molecule has 2 aromatic rings. The van der Waals surface area contributed by atoms with Crippen molar-refractivity contribution in [3.63, 3.8) is 0 Å². The zero-order valence-electron chi connectivity index (χ0n) is 13.2. The second kappa shape index (κ2) is 12.1. The Morgan fingerprint density at radius 2 is 1.00 bits per heavy atom. The van der Waals surface area contributed by atoms with Crippen molar-refractivity contribution in [1.82, 2.24) is 0 Å². The van der Waals surface area contributed by atoms with Gasteiger partial charge in [-0.2, -0.15) is 0 Å². The molecular weight excluding hydrogens is 443 g/mol. The summed E-state index contributed by atoms with van der Waals surface area (Å²) >= 11 is 2.48. The van der Waals surface area contributed by atoms with Gasteiger partial charge in [0.2, 0.25) is 11.6 Å². The predicted octanol–water partition coefficient (Wildman–Crippen LogP) is 5.35. The molecule has 0 radical (unpaired) electrons. The Morgan fingerprint density at radius 1 is 0.680 bits per heavy atom. The molecule has 0 aliphatic heterocycles. The van der Waals surface area contributed by atoms with Crippen LogP contribution in [0.3, 0.4) is 0 Å². The molecule has 4 nitrogen and oxygen atoms in total. The number of hydrogen-bond donors (Lipinski definition) is 0. The summed E-state index contributed by atoms with van der Waals surface area (Å²) in [4.78, 5) is 26.5. The molecule has 0 saturated carbocycles. The third kappa shape index (κ3) is 7.02. The van der Waals surface area contributed by atoms with Gasteiger partial charge in [0.25, 0.3) is 0 Å². The molecule has 2 rings (SSSR count). The maximum atomic E-state index is 12.3. The van der Waals surface area contributed by atoms with Crippen molar-refractivity contribution >= 4 is 55.3 Å². The minimum Gasteiger partial charge on any atom is -0.308 e. The van der Waals surface area contributed by atoms with Gasteiger partial charge < -0.3 is 8.37 Å². The quantitative estimate of drug-likeness (QED) is 0.164. The molecule has 0 amide bonds. The van der Waals surface area contributed by atoms with Crippen LogP contribution >= 0.6 is 43.7 Å². The Labute approximate surface area is 172 Å². The fraction of sp³-hybridized carbons (Fsp3) is 0.125. The van der Waals surface area contributed by atoms with Crippen LogP contribution in [0, 0.1) is 0 Å². The van der Waals surface area contributed by atoms with E-state index in [0.717, 1.165) is 9.79 Å². The molecule has 9 heteroatoms. The Balaban J connectivity index is 0.00000312. The predicted molar refractivity (Wildman–Crippen MR) is 102 cm³/mol. The molecule has 2 aromatic carbocycles. The Kier molecular flexibility index (Phi) is 10.9. The summed E-state index contributed by atoms with van der Waals surface area (Å²) in [5.41, 5.74) is 0.750. The summed E-state index contributed by atoms with van der Waals surface area (Å²) in [7, 11) is 6.05. The molecule has 136 valence electrons. The van der Waals surface area contributed by atoms with Gasteiger partial charge in [0, 0.05) is 37.4 Å². The van der Waals surface area contributed by atoms with Gasteiger partial charge >= 0.3 is 0 Å². The molecule has 0 atom stereocenters. The molecule has 0 aliphatic rings. The molecule has 0 spiro atoms. The minimum atomic E-state index is -0.516. The van der Waals surface area contributed by atoms with Gasteiger partial charge in [0.1, 0.15) is 0 Å². The van der Waals surface area contributed by atoms with Gasteiger partial charge in [-0.25, -0.2) is 0 Å². The number of Topliss-reactive ketones (excluding diaryl/α,β-unsaturated/α-hetero) is 2. The first-order valence-electron chi connectivity index (χ1n) is 6.69. The zero-order valence-corrected chi connectivity index (χ0v) is 17.5. The van der Waals surface area contributed by atoms with Crippen LogP contribution in [0.15, 0.2) is 58.3 Å².